The van der Waals surface area contributed by atoms with Crippen LogP contribution in [0.4, 0.5) is 5.82 Å². The molecule has 16 heteroatoms. The average molecular weight is 606 g/mol. The first kappa shape index (κ1) is 30.1. The number of tetrazole rings is 1. The lowest BCUT2D eigenvalue weighted by Crippen LogP contribution is -2.66. The number of aromatic nitrogens is 8. The molecule has 0 bridgehead atoms. The van der Waals surface area contributed by atoms with Crippen molar-refractivity contribution in [3.05, 3.63) is 18.5 Å². The lowest BCUT2D eigenvalue weighted by molar-refractivity contribution is -0.0688. The van der Waals surface area contributed by atoms with Crippen LogP contribution in [0.5, 0.6) is 0 Å². The van der Waals surface area contributed by atoms with Gasteiger partial charge in [0.2, 0.25) is 0 Å². The first-order valence-corrected chi connectivity index (χ1v) is 18.4. The van der Waals surface area contributed by atoms with Gasteiger partial charge in [0.15, 0.2) is 23.5 Å². The number of anilines is 1. The molecule has 0 radical (unpaired) electrons. The number of aromatic amines is 1. The van der Waals surface area contributed by atoms with Crippen molar-refractivity contribution in [2.24, 2.45) is 0 Å². The van der Waals surface area contributed by atoms with Gasteiger partial charge in [0.05, 0.1) is 19.5 Å². The number of hydrogen-bond donors (Lipinski definition) is 2. The number of hydrogen-bond acceptors (Lipinski definition) is 12. The maximum absolute atomic E-state index is 7.38. The molecule has 14 nitrogen and oxygen atoms in total. The fraction of sp³-hybridized carbons (Fsp3) is 0.760. The maximum Gasteiger partial charge on any atom is 0.335 e. The molecular weight excluding hydrogens is 563 g/mol. The van der Waals surface area contributed by atoms with Gasteiger partial charge in [0, 0.05) is 6.42 Å². The highest BCUT2D eigenvalue weighted by Crippen LogP contribution is 2.49. The number of imidazole rings is 1. The van der Waals surface area contributed by atoms with Gasteiger partial charge >= 0.3 is 17.1 Å². The second kappa shape index (κ2) is 11.7. The lowest BCUT2D eigenvalue weighted by atomic mass is 10.1. The van der Waals surface area contributed by atoms with Gasteiger partial charge in [-0.25, -0.2) is 15.0 Å². The summed E-state index contributed by atoms with van der Waals surface area (Å²) in [5, 5.41) is 14.3. The SMILES string of the molecule is CC(C)[Si]1(C(C)C)OC[C@H]2O[C@@H](n3cnc4c(N)ncnc43)[C@H](OCCc3nn[nH]n3)[C@@H]2O[Si](C(C)C)(C(C)C)O1. The van der Waals surface area contributed by atoms with Crippen LogP contribution >= 0.6 is 0 Å². The Morgan fingerprint density at radius 2 is 1.73 bits per heavy atom. The quantitative estimate of drug-likeness (QED) is 0.341. The molecule has 5 rings (SSSR count). The molecule has 0 saturated carbocycles. The van der Waals surface area contributed by atoms with Gasteiger partial charge < -0.3 is 28.2 Å². The smallest absolute Gasteiger partial charge is 0.335 e. The molecule has 0 aliphatic carbocycles. The molecule has 226 valence electrons. The zero-order valence-corrected chi connectivity index (χ0v) is 27.1. The summed E-state index contributed by atoms with van der Waals surface area (Å²) in [5.74, 6) is 0.865. The topological polar surface area (TPSA) is 170 Å². The Kier molecular flexibility index (Phi) is 8.62. The predicted octanol–water partition coefficient (Wildman–Crippen LogP) is 3.40. The molecule has 0 unspecified atom stereocenters. The van der Waals surface area contributed by atoms with Gasteiger partial charge in [-0.2, -0.15) is 5.21 Å². The summed E-state index contributed by atoms with van der Waals surface area (Å²) < 4.78 is 36.9. The van der Waals surface area contributed by atoms with E-state index < -0.39 is 41.7 Å². The number of nitrogens with two attached hydrogens (primary N) is 1. The predicted molar refractivity (Wildman–Crippen MR) is 155 cm³/mol. The molecule has 41 heavy (non-hydrogen) atoms. The van der Waals surface area contributed by atoms with Crippen molar-refractivity contribution >= 4 is 34.1 Å². The van der Waals surface area contributed by atoms with Crippen molar-refractivity contribution in [3.63, 3.8) is 0 Å². The first-order chi connectivity index (χ1) is 19.5. The number of ether oxygens (including phenoxy) is 2. The fourth-order valence-electron chi connectivity index (χ4n) is 6.15. The Labute approximate surface area is 242 Å². The van der Waals surface area contributed by atoms with Crippen molar-refractivity contribution in [1.82, 2.24) is 40.1 Å². The van der Waals surface area contributed by atoms with Crippen LogP contribution in [0.2, 0.25) is 22.2 Å². The van der Waals surface area contributed by atoms with Crippen molar-refractivity contribution in [3.8, 4) is 0 Å². The van der Waals surface area contributed by atoms with Gasteiger partial charge in [-0.3, -0.25) is 4.57 Å². The summed E-state index contributed by atoms with van der Waals surface area (Å²) in [4.78, 5) is 13.1. The Morgan fingerprint density at radius 1 is 1.02 bits per heavy atom. The molecule has 0 amide bonds. The van der Waals surface area contributed by atoms with Crippen molar-refractivity contribution in [1.29, 1.82) is 0 Å². The average Bonchev–Trinajstić information content (AvgIpc) is 3.64. The Bertz CT molecular complexity index is 1290. The second-order valence-electron chi connectivity index (χ2n) is 12.1. The van der Waals surface area contributed by atoms with E-state index in [9.17, 15) is 0 Å². The maximum atomic E-state index is 7.38. The first-order valence-electron chi connectivity index (χ1n) is 14.4. The van der Waals surface area contributed by atoms with Gasteiger partial charge in [-0.15, -0.1) is 10.2 Å². The van der Waals surface area contributed by atoms with E-state index in [1.165, 1.54) is 6.33 Å². The van der Waals surface area contributed by atoms with Gasteiger partial charge in [-0.1, -0.05) is 60.6 Å². The molecule has 0 aromatic carbocycles. The minimum absolute atomic E-state index is 0.162. The third-order valence-corrected chi connectivity index (χ3v) is 18.6. The van der Waals surface area contributed by atoms with Crippen LogP contribution in [0.3, 0.4) is 0 Å². The van der Waals surface area contributed by atoms with Gasteiger partial charge in [0.1, 0.15) is 30.2 Å². The number of rotatable bonds is 9. The zero-order chi connectivity index (χ0) is 29.5. The molecule has 2 aliphatic heterocycles. The molecule has 4 atom stereocenters. The molecule has 5 heterocycles. The molecule has 3 N–H and O–H groups in total. The highest BCUT2D eigenvalue weighted by Gasteiger charge is 2.62. The number of fused-ring (bicyclic) bond motifs is 2. The van der Waals surface area contributed by atoms with E-state index >= 15 is 0 Å². The number of H-pyrrole nitrogens is 1. The van der Waals surface area contributed by atoms with Crippen LogP contribution in [0.25, 0.3) is 11.2 Å². The van der Waals surface area contributed by atoms with Crippen LogP contribution in [0.1, 0.15) is 67.4 Å². The van der Waals surface area contributed by atoms with Crippen molar-refractivity contribution < 1.29 is 22.4 Å². The molecule has 2 saturated heterocycles. The van der Waals surface area contributed by atoms with E-state index in [1.54, 1.807) is 6.33 Å². The zero-order valence-electron chi connectivity index (χ0n) is 25.1. The number of nitrogen functional groups attached to an aromatic ring is 1. The van der Waals surface area contributed by atoms with Crippen LogP contribution in [-0.4, -0.2) is 88.8 Å². The summed E-state index contributed by atoms with van der Waals surface area (Å²) in [5.41, 5.74) is 7.95. The standard InChI is InChI=1S/C25H43N9O5Si2/c1-14(2)40(15(3)4)36-11-18-21(38-41(39-40,16(5)6)17(7)8)22(35-10-9-19-30-32-33-31-19)25(37-18)34-13-29-20-23(26)27-12-28-24(20)34/h12-18,21-22,25H,9-11H2,1-8H3,(H2,26,27,28)(H,30,31,32,33)/t18-,21-,22-,25-/m1/s1. The van der Waals surface area contributed by atoms with Crippen LogP contribution in [0.15, 0.2) is 12.7 Å². The molecule has 2 fully saturated rings. The van der Waals surface area contributed by atoms with Crippen LogP contribution in [-0.2, 0) is 28.9 Å². The monoisotopic (exact) mass is 605 g/mol. The summed E-state index contributed by atoms with van der Waals surface area (Å²) in [6.45, 7) is 18.3. The largest absolute Gasteiger partial charge is 0.414 e. The summed E-state index contributed by atoms with van der Waals surface area (Å²) in [7, 11) is -5.64. The summed E-state index contributed by atoms with van der Waals surface area (Å²) >= 11 is 0. The third-order valence-electron chi connectivity index (χ3n) is 8.30. The van der Waals surface area contributed by atoms with Crippen molar-refractivity contribution in [2.75, 3.05) is 18.9 Å². The highest BCUT2D eigenvalue weighted by atomic mass is 28.5. The molecule has 2 aliphatic rings. The van der Waals surface area contributed by atoms with Crippen LogP contribution in [0, 0.1) is 0 Å². The summed E-state index contributed by atoms with van der Waals surface area (Å²) in [6.07, 6.45) is 1.59. The Morgan fingerprint density at radius 3 is 2.37 bits per heavy atom. The van der Waals surface area contributed by atoms with E-state index in [-0.39, 0.29) is 22.2 Å². The van der Waals surface area contributed by atoms with E-state index in [1.807, 2.05) is 4.57 Å². The highest BCUT2D eigenvalue weighted by molar-refractivity contribution is 6.84. The van der Waals surface area contributed by atoms with E-state index in [4.69, 9.17) is 28.2 Å². The van der Waals surface area contributed by atoms with Gasteiger partial charge in [-0.05, 0) is 22.2 Å². The normalized spacial score (nSPS) is 26.2. The Hall–Kier alpha value is -2.35. The lowest BCUT2D eigenvalue weighted by Gasteiger charge is -2.51. The number of nitrogens with zero attached hydrogens (tertiary/aromatic N) is 7. The fourth-order valence-corrected chi connectivity index (χ4v) is 17.4. The minimum Gasteiger partial charge on any atom is -0.414 e. The van der Waals surface area contributed by atoms with E-state index in [0.29, 0.717) is 42.4 Å². The van der Waals surface area contributed by atoms with Crippen molar-refractivity contribution in [2.45, 2.75) is 109 Å². The third kappa shape index (κ3) is 5.34. The van der Waals surface area contributed by atoms with Gasteiger partial charge in [0.25, 0.3) is 0 Å². The molecule has 3 aromatic rings. The summed E-state index contributed by atoms with van der Waals surface area (Å²) in [6, 6.07) is 0. The minimum atomic E-state index is -2.91. The van der Waals surface area contributed by atoms with Crippen LogP contribution < -0.4 is 5.73 Å². The molecule has 3 aromatic heterocycles. The molecular formula is C25H43N9O5Si2. The number of nitrogens with one attached hydrogen (secondary N) is 1. The second-order valence-corrected chi connectivity index (χ2v) is 21.0. The van der Waals surface area contributed by atoms with E-state index in [2.05, 4.69) is 91.0 Å². The molecule has 0 spiro atoms. The van der Waals surface area contributed by atoms with E-state index in [0.717, 1.165) is 0 Å². The Balaban J connectivity index is 1.57.